The number of pyridine rings is 1. The molecule has 0 bridgehead atoms. The third-order valence-electron chi connectivity index (χ3n) is 14.6. The first-order valence-corrected chi connectivity index (χ1v) is 25.5. The number of anilines is 4. The van der Waals surface area contributed by atoms with Crippen molar-refractivity contribution in [3.63, 3.8) is 0 Å². The van der Waals surface area contributed by atoms with Gasteiger partial charge in [-0.2, -0.15) is 6.07 Å². The van der Waals surface area contributed by atoms with Crippen LogP contribution in [-0.4, -0.2) is 9.55 Å². The van der Waals surface area contributed by atoms with Gasteiger partial charge in [-0.15, -0.1) is 53.6 Å². The summed E-state index contributed by atoms with van der Waals surface area (Å²) in [4.78, 5) is 9.65. The van der Waals surface area contributed by atoms with Crippen LogP contribution in [-0.2, 0) is 48.1 Å². The summed E-state index contributed by atoms with van der Waals surface area (Å²) in [7, 11) is 0. The summed E-state index contributed by atoms with van der Waals surface area (Å²) in [5, 5.41) is 2.22. The fourth-order valence-corrected chi connectivity index (χ4v) is 10.2. The number of para-hydroxylation sites is 1. The van der Waals surface area contributed by atoms with Gasteiger partial charge in [0.05, 0.1) is 0 Å². The Labute approximate surface area is 456 Å². The molecule has 0 atom stereocenters. The molecule has 0 unspecified atom stereocenters. The quantitative estimate of drug-likeness (QED) is 0.142. The van der Waals surface area contributed by atoms with Crippen LogP contribution in [0.1, 0.15) is 130 Å². The summed E-state index contributed by atoms with van der Waals surface area (Å²) < 4.78 is 9.22. The maximum Gasteiger partial charge on any atom is 4.00 e. The molecule has 0 spiro atoms. The summed E-state index contributed by atoms with van der Waals surface area (Å²) in [6, 6.07) is 62.4. The second kappa shape index (κ2) is 19.7. The first-order chi connectivity index (χ1) is 33.9. The number of rotatable bonds is 8. The van der Waals surface area contributed by atoms with Crippen molar-refractivity contribution in [2.45, 2.75) is 124 Å². The predicted molar refractivity (Wildman–Crippen MR) is 309 cm³/mol. The summed E-state index contributed by atoms with van der Waals surface area (Å²) in [6.45, 7) is 34.6. The molecule has 74 heavy (non-hydrogen) atoms. The summed E-state index contributed by atoms with van der Waals surface area (Å²) >= 11 is 0. The van der Waals surface area contributed by atoms with Gasteiger partial charge in [0.25, 0.3) is 0 Å². The fourth-order valence-electron chi connectivity index (χ4n) is 10.2. The van der Waals surface area contributed by atoms with Crippen LogP contribution >= 0.6 is 0 Å². The number of nitrogens with zero attached hydrogens (tertiary/aromatic N) is 4. The first kappa shape index (κ1) is 53.9. The molecule has 0 saturated heterocycles. The SMILES string of the molecule is CC(C)(C)c1cc(N2[CH-]N(c3[c-]c(Oc4[c-]c5c(cc4)c4ccccc4n5-c4cc(C(C)(C)C)ccn4)cc(-c4ccccc4)c3)c3cc(C(C)(C)C)c(C(C)(C)C)cc32)cc(C(C)(C)c2ccccc2)c1.[CH3-].[Pt+4]. The molecule has 0 N–H and O–H groups in total. The Balaban J connectivity index is 0.00000364. The molecule has 7 aromatic carbocycles. The van der Waals surface area contributed by atoms with E-state index in [1.807, 2.05) is 12.3 Å². The topological polar surface area (TPSA) is 33.5 Å². The van der Waals surface area contributed by atoms with Crippen molar-refractivity contribution < 1.29 is 25.8 Å². The van der Waals surface area contributed by atoms with Crippen LogP contribution in [0.3, 0.4) is 0 Å². The van der Waals surface area contributed by atoms with Crippen LogP contribution in [0.15, 0.2) is 158 Å². The Morgan fingerprint density at radius 1 is 0.473 bits per heavy atom. The van der Waals surface area contributed by atoms with Gasteiger partial charge in [0, 0.05) is 45.7 Å². The van der Waals surface area contributed by atoms with Gasteiger partial charge in [-0.1, -0.05) is 187 Å². The normalized spacial score (nSPS) is 13.2. The van der Waals surface area contributed by atoms with Crippen molar-refractivity contribution in [1.82, 2.24) is 9.55 Å². The average Bonchev–Trinajstić information content (AvgIpc) is 3.88. The zero-order valence-corrected chi connectivity index (χ0v) is 48.4. The van der Waals surface area contributed by atoms with E-state index < -0.39 is 0 Å². The monoisotopic (exact) mass is 1160 g/mol. The molecule has 0 radical (unpaired) electrons. The smallest absolute Gasteiger partial charge is 0.509 e. The molecular weight excluding hydrogens is 1080 g/mol. The van der Waals surface area contributed by atoms with E-state index in [1.165, 1.54) is 33.4 Å². The zero-order chi connectivity index (χ0) is 51.1. The van der Waals surface area contributed by atoms with E-state index in [0.29, 0.717) is 11.5 Å². The molecule has 1 aliphatic heterocycles. The Morgan fingerprint density at radius 2 is 1.07 bits per heavy atom. The van der Waals surface area contributed by atoms with Gasteiger partial charge >= 0.3 is 21.1 Å². The van der Waals surface area contributed by atoms with Gasteiger partial charge in [0.2, 0.25) is 0 Å². The minimum atomic E-state index is -0.252. The maximum absolute atomic E-state index is 7.00. The van der Waals surface area contributed by atoms with E-state index >= 15 is 0 Å². The van der Waals surface area contributed by atoms with Crippen LogP contribution in [0.4, 0.5) is 22.7 Å². The van der Waals surface area contributed by atoms with Gasteiger partial charge in [-0.25, -0.2) is 4.98 Å². The predicted octanol–water partition coefficient (Wildman–Crippen LogP) is 18.6. The number of hydrogen-bond donors (Lipinski definition) is 0. The molecule has 3 heterocycles. The molecule has 380 valence electrons. The van der Waals surface area contributed by atoms with Gasteiger partial charge in [0.1, 0.15) is 5.82 Å². The Bertz CT molecular complexity index is 3490. The van der Waals surface area contributed by atoms with Crippen LogP contribution in [0.25, 0.3) is 38.8 Å². The minimum Gasteiger partial charge on any atom is -0.509 e. The van der Waals surface area contributed by atoms with Crippen LogP contribution < -0.4 is 14.5 Å². The van der Waals surface area contributed by atoms with Crippen molar-refractivity contribution in [2.24, 2.45) is 0 Å². The molecule has 1 aliphatic rings. The van der Waals surface area contributed by atoms with Crippen molar-refractivity contribution in [2.75, 3.05) is 9.80 Å². The third kappa shape index (κ3) is 10.2. The molecule has 0 amide bonds. The zero-order valence-electron chi connectivity index (χ0n) is 46.1. The van der Waals surface area contributed by atoms with Crippen LogP contribution in [0, 0.1) is 26.2 Å². The van der Waals surface area contributed by atoms with E-state index in [0.717, 1.165) is 61.5 Å². The molecule has 5 nitrogen and oxygen atoms in total. The molecule has 9 aromatic rings. The minimum absolute atomic E-state index is 0. The number of hydrogen-bond acceptors (Lipinski definition) is 4. The van der Waals surface area contributed by atoms with Crippen molar-refractivity contribution in [3.05, 3.63) is 217 Å². The largest absolute Gasteiger partial charge is 4.00 e. The van der Waals surface area contributed by atoms with Gasteiger partial charge in [-0.05, 0) is 108 Å². The Kier molecular flexibility index (Phi) is 14.3. The standard InChI is InChI=1S/C67H69N4O.CH3.Pt/c1-63(2,3)47-31-32-68-62(38-47)71-58-28-22-21-27-54(58)55-30-29-52(40-59(55)71)72-53-34-45(44-23-17-15-18-24-44)33-50(39-53)69-43-70(61-42-57(66(10,11)12)56(41-60(61)69)65(7,8)9)51-36-48(64(4,5)6)35-49(37-51)67(13,14)46-25-19-16-20-26-46;;/h15-38,41-43H,1-14H3;1H3;/q-3;-1;+4. The first-order valence-electron chi connectivity index (χ1n) is 25.5. The molecule has 0 aliphatic carbocycles. The maximum atomic E-state index is 7.00. The molecule has 6 heteroatoms. The van der Waals surface area contributed by atoms with Crippen molar-refractivity contribution in [1.29, 1.82) is 0 Å². The number of benzene rings is 7. The van der Waals surface area contributed by atoms with E-state index in [2.05, 4.69) is 276 Å². The van der Waals surface area contributed by atoms with E-state index in [9.17, 15) is 0 Å². The summed E-state index contributed by atoms with van der Waals surface area (Å²) in [6.07, 6.45) is 1.91. The third-order valence-corrected chi connectivity index (χ3v) is 14.6. The summed E-state index contributed by atoms with van der Waals surface area (Å²) in [5.41, 5.74) is 15.4. The van der Waals surface area contributed by atoms with Crippen LogP contribution in [0.5, 0.6) is 11.5 Å². The van der Waals surface area contributed by atoms with Gasteiger partial charge in [0.15, 0.2) is 0 Å². The Hall–Kier alpha value is -6.42. The van der Waals surface area contributed by atoms with E-state index in [1.54, 1.807) is 0 Å². The van der Waals surface area contributed by atoms with Crippen molar-refractivity contribution in [3.8, 4) is 28.4 Å². The molecule has 0 saturated carbocycles. The molecular formula is C68H72N4OPt. The van der Waals surface area contributed by atoms with E-state index in [4.69, 9.17) is 9.72 Å². The number of aromatic nitrogens is 2. The second-order valence-electron chi connectivity index (χ2n) is 24.4. The van der Waals surface area contributed by atoms with Gasteiger partial charge in [-0.3, -0.25) is 0 Å². The fraction of sp³-hybridized carbons (Fsp3) is 0.279. The number of ether oxygens (including phenoxy) is 1. The van der Waals surface area contributed by atoms with Crippen LogP contribution in [0.2, 0.25) is 0 Å². The second-order valence-corrected chi connectivity index (χ2v) is 24.4. The van der Waals surface area contributed by atoms with E-state index in [-0.39, 0.29) is 55.6 Å². The molecule has 0 fully saturated rings. The summed E-state index contributed by atoms with van der Waals surface area (Å²) in [5.74, 6) is 2.04. The van der Waals surface area contributed by atoms with Crippen molar-refractivity contribution >= 4 is 44.6 Å². The number of fused-ring (bicyclic) bond motifs is 4. The average molecular weight is 1160 g/mol. The molecule has 2 aromatic heterocycles. The van der Waals surface area contributed by atoms with Gasteiger partial charge < -0.3 is 26.5 Å². The Morgan fingerprint density at radius 3 is 1.70 bits per heavy atom. The molecule has 10 rings (SSSR count).